The van der Waals surface area contributed by atoms with Crippen molar-refractivity contribution in [3.63, 3.8) is 0 Å². The summed E-state index contributed by atoms with van der Waals surface area (Å²) in [4.78, 5) is 26.6. The highest BCUT2D eigenvalue weighted by atomic mass is 16.5. The van der Waals surface area contributed by atoms with E-state index < -0.39 is 0 Å². The lowest BCUT2D eigenvalue weighted by Crippen LogP contribution is -2.53. The SMILES string of the molecule is CCCc1nccc(C2CNNC2C2CCN(C(=O)C(C)N3CCOCC3)CC2)n1. The number of morpholine rings is 1. The van der Waals surface area contributed by atoms with Gasteiger partial charge in [-0.2, -0.15) is 0 Å². The molecule has 0 aromatic carbocycles. The molecule has 3 saturated heterocycles. The van der Waals surface area contributed by atoms with Crippen LogP contribution in [0.2, 0.25) is 0 Å². The van der Waals surface area contributed by atoms with Gasteiger partial charge in [-0.3, -0.25) is 20.5 Å². The minimum absolute atomic E-state index is 0.0533. The summed E-state index contributed by atoms with van der Waals surface area (Å²) in [5, 5.41) is 0. The number of amides is 1. The summed E-state index contributed by atoms with van der Waals surface area (Å²) in [5.41, 5.74) is 8.00. The highest BCUT2D eigenvalue weighted by Gasteiger charge is 2.38. The third-order valence-corrected chi connectivity index (χ3v) is 6.91. The van der Waals surface area contributed by atoms with Crippen molar-refractivity contribution in [3.8, 4) is 0 Å². The summed E-state index contributed by atoms with van der Waals surface area (Å²) >= 11 is 0. The van der Waals surface area contributed by atoms with E-state index in [-0.39, 0.29) is 11.9 Å². The van der Waals surface area contributed by atoms with Gasteiger partial charge < -0.3 is 9.64 Å². The van der Waals surface area contributed by atoms with Crippen LogP contribution < -0.4 is 10.9 Å². The van der Waals surface area contributed by atoms with Gasteiger partial charge >= 0.3 is 0 Å². The second-order valence-corrected chi connectivity index (χ2v) is 8.79. The normalized spacial score (nSPS) is 27.3. The number of rotatable bonds is 6. The average molecular weight is 417 g/mol. The molecule has 166 valence electrons. The van der Waals surface area contributed by atoms with E-state index in [1.54, 1.807) is 0 Å². The number of aryl methyl sites for hydroxylation is 1. The Morgan fingerprint density at radius 2 is 2.03 bits per heavy atom. The molecule has 3 aliphatic heterocycles. The number of hydrazine groups is 1. The van der Waals surface area contributed by atoms with Crippen LogP contribution >= 0.6 is 0 Å². The van der Waals surface area contributed by atoms with Crippen molar-refractivity contribution in [2.45, 2.75) is 57.5 Å². The first kappa shape index (κ1) is 21.6. The van der Waals surface area contributed by atoms with Crippen LogP contribution in [0.5, 0.6) is 0 Å². The van der Waals surface area contributed by atoms with Crippen LogP contribution in [0.25, 0.3) is 0 Å². The number of likely N-dealkylation sites (tertiary alicyclic amines) is 1. The Labute approximate surface area is 179 Å². The number of hydrogen-bond acceptors (Lipinski definition) is 7. The van der Waals surface area contributed by atoms with Gasteiger partial charge in [0.15, 0.2) is 0 Å². The summed E-state index contributed by atoms with van der Waals surface area (Å²) in [6.07, 6.45) is 5.95. The average Bonchev–Trinajstić information content (AvgIpc) is 3.29. The molecule has 4 rings (SSSR count). The van der Waals surface area contributed by atoms with Crippen molar-refractivity contribution in [1.29, 1.82) is 0 Å². The lowest BCUT2D eigenvalue weighted by molar-refractivity contribution is -0.139. The summed E-state index contributed by atoms with van der Waals surface area (Å²) in [6.45, 7) is 9.92. The molecular formula is C22H36N6O2. The molecule has 30 heavy (non-hydrogen) atoms. The number of nitrogens with one attached hydrogen (secondary N) is 2. The minimum Gasteiger partial charge on any atom is -0.379 e. The maximum Gasteiger partial charge on any atom is 0.239 e. The van der Waals surface area contributed by atoms with Crippen LogP contribution in [0.1, 0.15) is 50.5 Å². The minimum atomic E-state index is -0.0533. The fourth-order valence-electron chi connectivity index (χ4n) is 5.08. The highest BCUT2D eigenvalue weighted by molar-refractivity contribution is 5.81. The number of aromatic nitrogens is 2. The molecule has 3 atom stereocenters. The predicted molar refractivity (Wildman–Crippen MR) is 115 cm³/mol. The van der Waals surface area contributed by atoms with E-state index in [9.17, 15) is 4.79 Å². The Hall–Kier alpha value is -1.61. The molecule has 8 nitrogen and oxygen atoms in total. The van der Waals surface area contributed by atoms with E-state index in [1.807, 2.05) is 13.1 Å². The lowest BCUT2D eigenvalue weighted by atomic mass is 9.81. The van der Waals surface area contributed by atoms with Crippen molar-refractivity contribution >= 4 is 5.91 Å². The van der Waals surface area contributed by atoms with Gasteiger partial charge in [0.25, 0.3) is 0 Å². The summed E-state index contributed by atoms with van der Waals surface area (Å²) in [5.74, 6) is 2.10. The van der Waals surface area contributed by atoms with Gasteiger partial charge in [-0.05, 0) is 38.2 Å². The summed E-state index contributed by atoms with van der Waals surface area (Å²) < 4.78 is 5.43. The van der Waals surface area contributed by atoms with E-state index in [4.69, 9.17) is 9.72 Å². The Bertz CT molecular complexity index is 703. The van der Waals surface area contributed by atoms with Crippen LogP contribution in [-0.4, -0.2) is 83.7 Å². The van der Waals surface area contributed by atoms with Gasteiger partial charge in [0.2, 0.25) is 5.91 Å². The maximum atomic E-state index is 13.0. The van der Waals surface area contributed by atoms with Gasteiger partial charge in [0.05, 0.1) is 24.9 Å². The zero-order valence-corrected chi connectivity index (χ0v) is 18.3. The molecule has 1 aromatic rings. The second-order valence-electron chi connectivity index (χ2n) is 8.79. The van der Waals surface area contributed by atoms with Crippen LogP contribution in [0.4, 0.5) is 0 Å². The van der Waals surface area contributed by atoms with E-state index >= 15 is 0 Å². The van der Waals surface area contributed by atoms with E-state index in [1.165, 1.54) is 0 Å². The molecule has 0 spiro atoms. The van der Waals surface area contributed by atoms with Crippen molar-refractivity contribution < 1.29 is 9.53 Å². The molecule has 3 aliphatic rings. The highest BCUT2D eigenvalue weighted by Crippen LogP contribution is 2.32. The third-order valence-electron chi connectivity index (χ3n) is 6.91. The Kier molecular flexibility index (Phi) is 7.30. The van der Waals surface area contributed by atoms with Gasteiger partial charge in [0, 0.05) is 57.3 Å². The molecule has 0 bridgehead atoms. The summed E-state index contributed by atoms with van der Waals surface area (Å²) in [7, 11) is 0. The Balaban J connectivity index is 1.34. The quantitative estimate of drug-likeness (QED) is 0.714. The smallest absolute Gasteiger partial charge is 0.239 e. The molecule has 8 heteroatoms. The first-order valence-corrected chi connectivity index (χ1v) is 11.6. The molecule has 0 aliphatic carbocycles. The number of carbonyl (C=O) groups excluding carboxylic acids is 1. The predicted octanol–water partition coefficient (Wildman–Crippen LogP) is 0.948. The molecule has 0 radical (unpaired) electrons. The van der Waals surface area contributed by atoms with Crippen molar-refractivity contribution in [3.05, 3.63) is 23.8 Å². The fourth-order valence-corrected chi connectivity index (χ4v) is 5.08. The van der Waals surface area contributed by atoms with Crippen LogP contribution in [0.15, 0.2) is 12.3 Å². The molecular weight excluding hydrogens is 380 g/mol. The van der Waals surface area contributed by atoms with Crippen LogP contribution in [-0.2, 0) is 16.0 Å². The number of hydrogen-bond donors (Lipinski definition) is 2. The van der Waals surface area contributed by atoms with Crippen molar-refractivity contribution in [2.75, 3.05) is 45.9 Å². The molecule has 0 saturated carbocycles. The number of nitrogens with zero attached hydrogens (tertiary/aromatic N) is 4. The molecule has 2 N–H and O–H groups in total. The maximum absolute atomic E-state index is 13.0. The van der Waals surface area contributed by atoms with Crippen molar-refractivity contribution in [1.82, 2.24) is 30.6 Å². The van der Waals surface area contributed by atoms with E-state index in [0.29, 0.717) is 17.9 Å². The second kappa shape index (κ2) is 10.1. The standard InChI is InChI=1S/C22H36N6O2/c1-3-4-20-23-8-5-19(25-20)18-15-24-26-21(18)17-6-9-28(10-7-17)22(29)16(2)27-11-13-30-14-12-27/h5,8,16-18,21,24,26H,3-4,6-7,9-15H2,1-2H3. The van der Waals surface area contributed by atoms with Gasteiger partial charge in [-0.15, -0.1) is 0 Å². The Morgan fingerprint density at radius 3 is 2.77 bits per heavy atom. The molecule has 3 fully saturated rings. The molecule has 4 heterocycles. The monoisotopic (exact) mass is 416 g/mol. The topological polar surface area (TPSA) is 82.6 Å². The number of ether oxygens (including phenoxy) is 1. The van der Waals surface area contributed by atoms with Crippen LogP contribution in [0, 0.1) is 5.92 Å². The first-order chi connectivity index (χ1) is 14.7. The zero-order chi connectivity index (χ0) is 20.9. The summed E-state index contributed by atoms with van der Waals surface area (Å²) in [6, 6.07) is 2.36. The lowest BCUT2D eigenvalue weighted by Gasteiger charge is -2.39. The van der Waals surface area contributed by atoms with Gasteiger partial charge in [-0.1, -0.05) is 6.92 Å². The van der Waals surface area contributed by atoms with Gasteiger partial charge in [-0.25, -0.2) is 9.97 Å². The molecule has 3 unspecified atom stereocenters. The zero-order valence-electron chi connectivity index (χ0n) is 18.3. The van der Waals surface area contributed by atoms with Crippen LogP contribution in [0.3, 0.4) is 0 Å². The fraction of sp³-hybridized carbons (Fsp3) is 0.773. The van der Waals surface area contributed by atoms with Crippen molar-refractivity contribution in [2.24, 2.45) is 5.92 Å². The van der Waals surface area contributed by atoms with Gasteiger partial charge in [0.1, 0.15) is 5.82 Å². The third kappa shape index (κ3) is 4.82. The number of piperidine rings is 1. The number of carbonyl (C=O) groups is 1. The van der Waals surface area contributed by atoms with E-state index in [0.717, 1.165) is 83.1 Å². The largest absolute Gasteiger partial charge is 0.379 e. The molecule has 1 aromatic heterocycles. The Morgan fingerprint density at radius 1 is 1.27 bits per heavy atom. The van der Waals surface area contributed by atoms with E-state index in [2.05, 4.69) is 38.6 Å². The first-order valence-electron chi connectivity index (χ1n) is 11.6. The molecule has 1 amide bonds.